The minimum atomic E-state index is -0.0968. The van der Waals surface area contributed by atoms with E-state index >= 15 is 0 Å². The lowest BCUT2D eigenvalue weighted by Crippen LogP contribution is -2.09. The second-order valence-electron chi connectivity index (χ2n) is 4.06. The van der Waals surface area contributed by atoms with Gasteiger partial charge in [0, 0.05) is 18.6 Å². The quantitative estimate of drug-likeness (QED) is 0.810. The van der Waals surface area contributed by atoms with Crippen LogP contribution in [0.3, 0.4) is 0 Å². The number of nitrogens with zero attached hydrogens (tertiary/aromatic N) is 2. The highest BCUT2D eigenvalue weighted by Crippen LogP contribution is 2.13. The Morgan fingerprint density at radius 1 is 1.47 bits per heavy atom. The number of carbonyl (C=O) groups is 1. The first kappa shape index (κ1) is 13.7. The highest BCUT2D eigenvalue weighted by Gasteiger charge is 2.11. The van der Waals surface area contributed by atoms with Crippen molar-refractivity contribution in [3.8, 4) is 0 Å². The van der Waals surface area contributed by atoms with E-state index in [2.05, 4.69) is 10.1 Å². The van der Waals surface area contributed by atoms with Crippen LogP contribution >= 0.6 is 11.6 Å². The van der Waals surface area contributed by atoms with Crippen molar-refractivity contribution in [2.45, 2.75) is 12.8 Å². The van der Waals surface area contributed by atoms with Crippen molar-refractivity contribution in [3.63, 3.8) is 0 Å². The molecule has 0 saturated carbocycles. The molecule has 0 aliphatic rings. The molecule has 1 aromatic heterocycles. The molecular formula is C13H13ClN2O3. The maximum absolute atomic E-state index is 11.4. The third-order valence-corrected chi connectivity index (χ3v) is 2.65. The molecule has 6 heteroatoms. The number of ether oxygens (including phenoxy) is 1. The zero-order chi connectivity index (χ0) is 13.7. The normalized spacial score (nSPS) is 10.6. The predicted molar refractivity (Wildman–Crippen MR) is 69.1 cm³/mol. The van der Waals surface area contributed by atoms with Gasteiger partial charge in [-0.3, -0.25) is 4.79 Å². The van der Waals surface area contributed by atoms with Gasteiger partial charge in [0.1, 0.15) is 6.61 Å². The number of carbonyl (C=O) groups excluding carboxylic acids is 1. The topological polar surface area (TPSA) is 65.2 Å². The van der Waals surface area contributed by atoms with Gasteiger partial charge < -0.3 is 9.26 Å². The van der Waals surface area contributed by atoms with Gasteiger partial charge in [-0.1, -0.05) is 28.9 Å². The molecule has 0 aliphatic carbocycles. The third kappa shape index (κ3) is 4.15. The number of benzene rings is 1. The van der Waals surface area contributed by atoms with Gasteiger partial charge in [-0.05, 0) is 17.7 Å². The van der Waals surface area contributed by atoms with E-state index in [0.717, 1.165) is 5.56 Å². The molecule has 1 heterocycles. The van der Waals surface area contributed by atoms with Crippen molar-refractivity contribution in [1.29, 1.82) is 0 Å². The molecule has 100 valence electrons. The number of ketones is 1. The number of Topliss-reactive ketones (excluding diaryl/α,β-unsaturated/α-hetero) is 1. The lowest BCUT2D eigenvalue weighted by molar-refractivity contribution is -0.122. The average molecular weight is 281 g/mol. The average Bonchev–Trinajstić information content (AvgIpc) is 2.76. The van der Waals surface area contributed by atoms with Gasteiger partial charge in [0.25, 0.3) is 0 Å². The smallest absolute Gasteiger partial charge is 0.234 e. The molecule has 0 unspecified atom stereocenters. The summed E-state index contributed by atoms with van der Waals surface area (Å²) in [5, 5.41) is 4.50. The van der Waals surface area contributed by atoms with Gasteiger partial charge in [0.2, 0.25) is 5.89 Å². The Balaban J connectivity index is 1.99. The van der Waals surface area contributed by atoms with Gasteiger partial charge in [-0.15, -0.1) is 0 Å². The fourth-order valence-electron chi connectivity index (χ4n) is 1.64. The molecule has 2 rings (SSSR count). The Hall–Kier alpha value is -1.72. The fraction of sp³-hybridized carbons (Fsp3) is 0.308. The van der Waals surface area contributed by atoms with E-state index in [4.69, 9.17) is 20.9 Å². The summed E-state index contributed by atoms with van der Waals surface area (Å²) in [7, 11) is 1.47. The Labute approximate surface area is 115 Å². The molecular weight excluding hydrogens is 268 g/mol. The van der Waals surface area contributed by atoms with Crippen LogP contribution in [0.4, 0.5) is 0 Å². The first-order chi connectivity index (χ1) is 9.17. The summed E-state index contributed by atoms with van der Waals surface area (Å²) in [6.07, 6.45) is 0.610. The summed E-state index contributed by atoms with van der Waals surface area (Å²) in [5.41, 5.74) is 0.989. The molecule has 0 fully saturated rings. The van der Waals surface area contributed by atoms with Gasteiger partial charge in [0.05, 0.1) is 6.42 Å². The van der Waals surface area contributed by atoms with E-state index in [9.17, 15) is 4.79 Å². The second kappa shape index (κ2) is 6.45. The Morgan fingerprint density at radius 3 is 3.05 bits per heavy atom. The van der Waals surface area contributed by atoms with E-state index in [1.54, 1.807) is 6.07 Å². The monoisotopic (exact) mass is 280 g/mol. The van der Waals surface area contributed by atoms with Crippen LogP contribution in [0.2, 0.25) is 5.02 Å². The lowest BCUT2D eigenvalue weighted by atomic mass is 10.1. The summed E-state index contributed by atoms with van der Waals surface area (Å²) in [6.45, 7) is 0.0476. The molecule has 0 saturated heterocycles. The first-order valence-electron chi connectivity index (χ1n) is 5.74. The molecule has 2 aromatic rings. The maximum Gasteiger partial charge on any atom is 0.234 e. The van der Waals surface area contributed by atoms with Crippen LogP contribution in [-0.4, -0.2) is 29.6 Å². The highest BCUT2D eigenvalue weighted by molar-refractivity contribution is 6.30. The Morgan fingerprint density at radius 2 is 2.32 bits per heavy atom. The molecule has 0 spiro atoms. The van der Waals surface area contributed by atoms with Crippen LogP contribution in [-0.2, 0) is 22.4 Å². The number of methoxy groups -OCH3 is 1. The van der Waals surface area contributed by atoms with E-state index < -0.39 is 0 Å². The molecule has 0 radical (unpaired) electrons. The van der Waals surface area contributed by atoms with E-state index in [1.807, 2.05) is 18.2 Å². The van der Waals surface area contributed by atoms with Crippen molar-refractivity contribution in [2.75, 3.05) is 13.7 Å². The van der Waals surface area contributed by atoms with Crippen LogP contribution in [0.5, 0.6) is 0 Å². The van der Waals surface area contributed by atoms with Gasteiger partial charge in [-0.25, -0.2) is 0 Å². The summed E-state index contributed by atoms with van der Waals surface area (Å²) < 4.78 is 9.75. The van der Waals surface area contributed by atoms with E-state index in [-0.39, 0.29) is 18.8 Å². The van der Waals surface area contributed by atoms with Crippen molar-refractivity contribution in [1.82, 2.24) is 10.1 Å². The van der Waals surface area contributed by atoms with Crippen LogP contribution in [0.15, 0.2) is 28.8 Å². The standard InChI is InChI=1S/C13H13ClN2O3/c1-18-8-11(17)7-13-15-12(16-19-13)6-9-3-2-4-10(14)5-9/h2-5H,6-8H2,1H3. The summed E-state index contributed by atoms with van der Waals surface area (Å²) >= 11 is 5.90. The lowest BCUT2D eigenvalue weighted by Gasteiger charge is -1.96. The van der Waals surface area contributed by atoms with Crippen LogP contribution in [0, 0.1) is 0 Å². The molecule has 0 atom stereocenters. The Bertz CT molecular complexity index is 569. The fourth-order valence-corrected chi connectivity index (χ4v) is 1.86. The number of rotatable bonds is 6. The first-order valence-corrected chi connectivity index (χ1v) is 6.11. The third-order valence-electron chi connectivity index (χ3n) is 2.42. The predicted octanol–water partition coefficient (Wildman–Crippen LogP) is 2.07. The van der Waals surface area contributed by atoms with Crippen molar-refractivity contribution in [2.24, 2.45) is 0 Å². The molecule has 0 amide bonds. The number of hydrogen-bond acceptors (Lipinski definition) is 5. The summed E-state index contributed by atoms with van der Waals surface area (Å²) in [4.78, 5) is 15.5. The molecule has 0 bridgehead atoms. The Kier molecular flexibility index (Phi) is 4.65. The SMILES string of the molecule is COCC(=O)Cc1nc(Cc2cccc(Cl)c2)no1. The number of hydrogen-bond donors (Lipinski definition) is 0. The van der Waals surface area contributed by atoms with Gasteiger partial charge in [0.15, 0.2) is 11.6 Å². The second-order valence-corrected chi connectivity index (χ2v) is 4.50. The van der Waals surface area contributed by atoms with Crippen molar-refractivity contribution < 1.29 is 14.1 Å². The minimum absolute atomic E-state index is 0.0476. The molecule has 0 N–H and O–H groups in total. The van der Waals surface area contributed by atoms with E-state index in [0.29, 0.717) is 23.2 Å². The van der Waals surface area contributed by atoms with Gasteiger partial charge >= 0.3 is 0 Å². The summed E-state index contributed by atoms with van der Waals surface area (Å²) in [6, 6.07) is 7.43. The molecule has 1 aromatic carbocycles. The zero-order valence-electron chi connectivity index (χ0n) is 10.4. The van der Waals surface area contributed by atoms with Crippen LogP contribution in [0.1, 0.15) is 17.3 Å². The zero-order valence-corrected chi connectivity index (χ0v) is 11.2. The van der Waals surface area contributed by atoms with Crippen LogP contribution < -0.4 is 0 Å². The van der Waals surface area contributed by atoms with Crippen molar-refractivity contribution in [3.05, 3.63) is 46.6 Å². The minimum Gasteiger partial charge on any atom is -0.377 e. The molecule has 0 aliphatic heterocycles. The van der Waals surface area contributed by atoms with E-state index in [1.165, 1.54) is 7.11 Å². The van der Waals surface area contributed by atoms with Gasteiger partial charge in [-0.2, -0.15) is 4.98 Å². The molecule has 5 nitrogen and oxygen atoms in total. The van der Waals surface area contributed by atoms with Crippen LogP contribution in [0.25, 0.3) is 0 Å². The van der Waals surface area contributed by atoms with Crippen molar-refractivity contribution >= 4 is 17.4 Å². The maximum atomic E-state index is 11.4. The summed E-state index contributed by atoms with van der Waals surface area (Å²) in [5.74, 6) is 0.738. The number of halogens is 1. The largest absolute Gasteiger partial charge is 0.377 e. The highest BCUT2D eigenvalue weighted by atomic mass is 35.5. The number of aromatic nitrogens is 2. The molecule has 19 heavy (non-hydrogen) atoms.